The number of piperazine rings is 1. The van der Waals surface area contributed by atoms with Crippen LogP contribution in [0.25, 0.3) is 0 Å². The van der Waals surface area contributed by atoms with Crippen molar-refractivity contribution in [3.8, 4) is 5.75 Å². The minimum atomic E-state index is -1.45. The van der Waals surface area contributed by atoms with Crippen molar-refractivity contribution in [2.75, 3.05) is 57.3 Å². The highest BCUT2D eigenvalue weighted by Crippen LogP contribution is 2.39. The molecule has 7 nitrogen and oxygen atoms in total. The summed E-state index contributed by atoms with van der Waals surface area (Å²) in [6.45, 7) is 21.0. The maximum atomic E-state index is 13.3. The first-order valence-corrected chi connectivity index (χ1v) is 21.3. The summed E-state index contributed by atoms with van der Waals surface area (Å²) in [6.07, 6.45) is 13.1. The van der Waals surface area contributed by atoms with Crippen molar-refractivity contribution >= 4 is 34.2 Å². The molecule has 5 rings (SSSR count). The number of ether oxygens (including phenoxy) is 1. The van der Waals surface area contributed by atoms with E-state index < -0.39 is 11.0 Å². The van der Waals surface area contributed by atoms with Gasteiger partial charge >= 0.3 is 0 Å². The molecule has 3 heterocycles. The standard InChI is InChI=1S/C42H63ClN4O3S/c1-7-10-14-34(26-45-21-22-46-20-12-11-15-37(46)28-45)38(9-3)31(6)25-47-27-35(39-18-17-36(43)23-32(39)13-8-2)29-50-41-19-16-33(24-40(41)47)42(48)44-51(49)30(4)5/h10,14,16-19,23-24,30-31,34-35,37-38H,7-9,11-13,15,20-22,25-29H2,1-6H3,(H,44,48)/b14-10+. The van der Waals surface area contributed by atoms with E-state index in [1.807, 2.05) is 32.0 Å². The number of carbonyl (C=O) groups excluding carboxylic acids is 1. The first-order chi connectivity index (χ1) is 24.6. The minimum absolute atomic E-state index is 0.136. The summed E-state index contributed by atoms with van der Waals surface area (Å²) in [5, 5.41) is 0.599. The average molecular weight is 740 g/mol. The zero-order valence-electron chi connectivity index (χ0n) is 32.0. The Labute approximate surface area is 316 Å². The van der Waals surface area contributed by atoms with E-state index in [4.69, 9.17) is 16.3 Å². The molecule has 0 radical (unpaired) electrons. The largest absolute Gasteiger partial charge is 0.491 e. The molecule has 0 saturated carbocycles. The average Bonchev–Trinajstić information content (AvgIpc) is 3.29. The molecular formula is C42H63ClN4O3S. The van der Waals surface area contributed by atoms with E-state index in [0.29, 0.717) is 36.0 Å². The Balaban J connectivity index is 1.44. The van der Waals surface area contributed by atoms with Gasteiger partial charge in [-0.1, -0.05) is 76.8 Å². The summed E-state index contributed by atoms with van der Waals surface area (Å²) >= 11 is 6.50. The molecular weight excluding hydrogens is 676 g/mol. The van der Waals surface area contributed by atoms with Crippen LogP contribution in [0, 0.1) is 17.8 Å². The summed E-state index contributed by atoms with van der Waals surface area (Å²) < 4.78 is 21.9. The van der Waals surface area contributed by atoms with Gasteiger partial charge in [0.2, 0.25) is 0 Å². The molecule has 2 saturated heterocycles. The van der Waals surface area contributed by atoms with Gasteiger partial charge in [-0.2, -0.15) is 0 Å². The van der Waals surface area contributed by atoms with Crippen LogP contribution < -0.4 is 14.4 Å². The number of fused-ring (bicyclic) bond motifs is 2. The second-order valence-electron chi connectivity index (χ2n) is 15.5. The zero-order valence-corrected chi connectivity index (χ0v) is 33.6. The molecule has 2 aromatic carbocycles. The number of hydrogen-bond donors (Lipinski definition) is 1. The Kier molecular flexibility index (Phi) is 14.9. The molecule has 2 fully saturated rings. The predicted octanol–water partition coefficient (Wildman–Crippen LogP) is 8.49. The Hall–Kier alpha value is -2.39. The molecule has 51 heavy (non-hydrogen) atoms. The Bertz CT molecular complexity index is 1500. The minimum Gasteiger partial charge on any atom is -0.491 e. The van der Waals surface area contributed by atoms with Gasteiger partial charge in [-0.15, -0.1) is 0 Å². The van der Waals surface area contributed by atoms with Crippen LogP contribution in [0.3, 0.4) is 0 Å². The van der Waals surface area contributed by atoms with Crippen molar-refractivity contribution < 1.29 is 13.7 Å². The van der Waals surface area contributed by atoms with Crippen LogP contribution in [0.15, 0.2) is 48.6 Å². The number of amides is 1. The van der Waals surface area contributed by atoms with Gasteiger partial charge in [0.05, 0.1) is 12.3 Å². The summed E-state index contributed by atoms with van der Waals surface area (Å²) in [7, 11) is -1.45. The van der Waals surface area contributed by atoms with Gasteiger partial charge in [-0.05, 0) is 105 Å². The molecule has 9 heteroatoms. The molecule has 0 bridgehead atoms. The van der Waals surface area contributed by atoms with Crippen molar-refractivity contribution in [2.24, 2.45) is 17.8 Å². The van der Waals surface area contributed by atoms with Gasteiger partial charge in [0.25, 0.3) is 5.91 Å². The van der Waals surface area contributed by atoms with Crippen molar-refractivity contribution in [2.45, 2.75) is 104 Å². The second-order valence-corrected chi connectivity index (χ2v) is 17.6. The van der Waals surface area contributed by atoms with Crippen LogP contribution in [-0.2, 0) is 17.4 Å². The topological polar surface area (TPSA) is 65.1 Å². The molecule has 0 aromatic heterocycles. The van der Waals surface area contributed by atoms with Crippen LogP contribution in [0.5, 0.6) is 5.75 Å². The van der Waals surface area contributed by atoms with Crippen molar-refractivity contribution in [1.29, 1.82) is 0 Å². The normalized spacial score (nSPS) is 22.5. The Morgan fingerprint density at radius 2 is 1.86 bits per heavy atom. The number of hydrogen-bond acceptors (Lipinski definition) is 6. The molecule has 1 amide bonds. The predicted molar refractivity (Wildman–Crippen MR) is 215 cm³/mol. The van der Waals surface area contributed by atoms with Crippen LogP contribution >= 0.6 is 11.6 Å². The number of benzene rings is 2. The third-order valence-electron chi connectivity index (χ3n) is 11.4. The van der Waals surface area contributed by atoms with Crippen LogP contribution in [0.1, 0.15) is 107 Å². The molecule has 282 valence electrons. The van der Waals surface area contributed by atoms with E-state index >= 15 is 0 Å². The van der Waals surface area contributed by atoms with E-state index in [1.54, 1.807) is 6.07 Å². The smallest absolute Gasteiger partial charge is 0.263 e. The highest BCUT2D eigenvalue weighted by Gasteiger charge is 2.34. The highest BCUT2D eigenvalue weighted by atomic mass is 35.5. The molecule has 6 unspecified atom stereocenters. The van der Waals surface area contributed by atoms with E-state index in [9.17, 15) is 9.00 Å². The highest BCUT2D eigenvalue weighted by molar-refractivity contribution is 7.84. The lowest BCUT2D eigenvalue weighted by molar-refractivity contribution is 0.0381. The van der Waals surface area contributed by atoms with Gasteiger partial charge in [-0.3, -0.25) is 19.3 Å². The van der Waals surface area contributed by atoms with Gasteiger partial charge in [0.1, 0.15) is 16.7 Å². The van der Waals surface area contributed by atoms with Crippen LogP contribution in [-0.4, -0.2) is 83.6 Å². The lowest BCUT2D eigenvalue weighted by Crippen LogP contribution is -2.55. The van der Waals surface area contributed by atoms with E-state index in [2.05, 4.69) is 71.4 Å². The van der Waals surface area contributed by atoms with E-state index in [0.717, 1.165) is 68.3 Å². The number of rotatable bonds is 15. The third kappa shape index (κ3) is 10.4. The summed E-state index contributed by atoms with van der Waals surface area (Å²) in [5.74, 6) is 1.95. The summed E-state index contributed by atoms with van der Waals surface area (Å²) in [6, 6.07) is 12.7. The summed E-state index contributed by atoms with van der Waals surface area (Å²) in [5.41, 5.74) is 4.00. The van der Waals surface area contributed by atoms with Crippen molar-refractivity contribution in [3.63, 3.8) is 0 Å². The molecule has 1 N–H and O–H groups in total. The number of allylic oxidation sites excluding steroid dienone is 1. The maximum absolute atomic E-state index is 13.3. The van der Waals surface area contributed by atoms with E-state index in [-0.39, 0.29) is 17.1 Å². The molecule has 0 aliphatic carbocycles. The number of nitrogens with zero attached hydrogens (tertiary/aromatic N) is 3. The van der Waals surface area contributed by atoms with E-state index in [1.165, 1.54) is 50.0 Å². The number of carbonyl (C=O) groups is 1. The fourth-order valence-corrected chi connectivity index (χ4v) is 9.40. The van der Waals surface area contributed by atoms with Crippen LogP contribution in [0.2, 0.25) is 5.02 Å². The SMILES string of the molecule is CC/C=C/C(CN1CCN2CCCCC2C1)C(CC)C(C)CN1CC(c2ccc(Cl)cc2CCC)COc2ccc(C(=O)NS(=O)C(C)C)cc21. The van der Waals surface area contributed by atoms with Gasteiger partial charge in [-0.25, -0.2) is 4.21 Å². The van der Waals surface area contributed by atoms with Gasteiger partial charge in [0.15, 0.2) is 0 Å². The zero-order chi connectivity index (χ0) is 36.5. The van der Waals surface area contributed by atoms with Gasteiger partial charge < -0.3 is 9.64 Å². The fraction of sp³-hybridized carbons (Fsp3) is 0.643. The molecule has 3 aliphatic heterocycles. The number of halogens is 1. The lowest BCUT2D eigenvalue weighted by atomic mass is 9.79. The fourth-order valence-electron chi connectivity index (χ4n) is 8.67. The molecule has 0 spiro atoms. The quantitative estimate of drug-likeness (QED) is 0.185. The van der Waals surface area contributed by atoms with Crippen molar-refractivity contribution in [3.05, 3.63) is 70.3 Å². The number of piperidine rings is 1. The monoisotopic (exact) mass is 738 g/mol. The Morgan fingerprint density at radius 3 is 2.61 bits per heavy atom. The third-order valence-corrected chi connectivity index (χ3v) is 12.9. The molecule has 3 aliphatic rings. The first-order valence-electron chi connectivity index (χ1n) is 19.8. The number of nitrogens with one attached hydrogen (secondary N) is 1. The lowest BCUT2D eigenvalue weighted by Gasteiger charge is -2.45. The number of anilines is 1. The van der Waals surface area contributed by atoms with Crippen LogP contribution in [0.4, 0.5) is 5.69 Å². The second kappa shape index (κ2) is 19.1. The van der Waals surface area contributed by atoms with Crippen molar-refractivity contribution in [1.82, 2.24) is 14.5 Å². The van der Waals surface area contributed by atoms with Gasteiger partial charge in [0, 0.05) is 67.1 Å². The first kappa shape index (κ1) is 39.8. The molecule has 2 aromatic rings. The summed E-state index contributed by atoms with van der Waals surface area (Å²) in [4.78, 5) is 21.3. The Morgan fingerprint density at radius 1 is 1.04 bits per heavy atom. The number of aryl methyl sites for hydroxylation is 1. The molecule has 6 atom stereocenters. The maximum Gasteiger partial charge on any atom is 0.263 e.